The summed E-state index contributed by atoms with van der Waals surface area (Å²) in [5.41, 5.74) is 0.431. The summed E-state index contributed by atoms with van der Waals surface area (Å²) in [5, 5.41) is 14.2. The maximum atomic E-state index is 12.7. The fraction of sp³-hybridized carbons (Fsp3) is 0.250. The third kappa shape index (κ3) is 3.91. The lowest BCUT2D eigenvalue weighted by molar-refractivity contribution is -0.394. The number of hydrogen-bond donors (Lipinski definition) is 0. The van der Waals surface area contributed by atoms with Crippen LogP contribution in [-0.2, 0) is 6.54 Å². The van der Waals surface area contributed by atoms with Crippen LogP contribution in [0.4, 0.5) is 10.3 Å². The van der Waals surface area contributed by atoms with E-state index in [9.17, 15) is 19.3 Å². The van der Waals surface area contributed by atoms with Crippen molar-refractivity contribution in [3.8, 4) is 0 Å². The molecule has 0 N–H and O–H groups in total. The predicted molar refractivity (Wildman–Crippen MR) is 74.3 cm³/mol. The number of carbonyl (C=O) groups is 1. The summed E-state index contributed by atoms with van der Waals surface area (Å²) >= 11 is 3.06. The lowest BCUT2D eigenvalue weighted by Crippen LogP contribution is -2.05. The van der Waals surface area contributed by atoms with E-state index in [1.807, 2.05) is 0 Å². The Hall–Kier alpha value is -2.16. The van der Waals surface area contributed by atoms with Gasteiger partial charge in [-0.25, -0.2) is 4.39 Å². The molecule has 0 bridgehead atoms. The van der Waals surface area contributed by atoms with Crippen molar-refractivity contribution in [2.45, 2.75) is 19.4 Å². The van der Waals surface area contributed by atoms with Crippen molar-refractivity contribution < 1.29 is 14.1 Å². The second-order valence-electron chi connectivity index (χ2n) is 4.19. The fourth-order valence-corrected chi connectivity index (χ4v) is 2.12. The average Bonchev–Trinajstić information content (AvgIpc) is 2.81. The summed E-state index contributed by atoms with van der Waals surface area (Å²) < 4.78 is 14.3. The average molecular weight is 357 g/mol. The predicted octanol–water partition coefficient (Wildman–Crippen LogP) is 2.75. The van der Waals surface area contributed by atoms with Crippen LogP contribution in [0.15, 0.2) is 29.0 Å². The van der Waals surface area contributed by atoms with Gasteiger partial charge >= 0.3 is 5.95 Å². The molecule has 0 saturated heterocycles. The van der Waals surface area contributed by atoms with Crippen molar-refractivity contribution in [1.29, 1.82) is 0 Å². The topological polar surface area (TPSA) is 90.9 Å². The minimum atomic E-state index is -0.690. The molecule has 0 amide bonds. The smallest absolute Gasteiger partial charge is 0.390 e. The van der Waals surface area contributed by atoms with Gasteiger partial charge in [-0.1, -0.05) is 0 Å². The van der Waals surface area contributed by atoms with E-state index in [2.05, 4.69) is 26.0 Å². The maximum absolute atomic E-state index is 12.7. The van der Waals surface area contributed by atoms with Crippen molar-refractivity contribution >= 4 is 27.7 Å². The number of carbonyl (C=O) groups excluding carboxylic acids is 1. The number of rotatable bonds is 6. The van der Waals surface area contributed by atoms with Crippen LogP contribution in [0.5, 0.6) is 0 Å². The molecular formula is C12H10BrFN4O3. The number of hydrogen-bond acceptors (Lipinski definition) is 5. The zero-order valence-electron chi connectivity index (χ0n) is 10.7. The van der Waals surface area contributed by atoms with Crippen molar-refractivity contribution in [1.82, 2.24) is 14.8 Å². The van der Waals surface area contributed by atoms with Crippen LogP contribution in [0, 0.1) is 15.9 Å². The van der Waals surface area contributed by atoms with Crippen molar-refractivity contribution in [2.75, 3.05) is 0 Å². The Kier molecular flexibility index (Phi) is 4.73. The Morgan fingerprint density at radius 1 is 1.38 bits per heavy atom. The minimum absolute atomic E-state index is 0.124. The molecule has 0 spiro atoms. The van der Waals surface area contributed by atoms with E-state index in [0.29, 0.717) is 18.5 Å². The quantitative estimate of drug-likeness (QED) is 0.450. The SMILES string of the molecule is O=C(CCCn1nc([N+](=O)[O-])nc1Br)c1ccc(F)cc1. The molecule has 9 heteroatoms. The van der Waals surface area contributed by atoms with Gasteiger partial charge in [0.25, 0.3) is 4.73 Å². The first-order valence-corrected chi connectivity index (χ1v) is 6.80. The molecule has 0 fully saturated rings. The third-order valence-corrected chi connectivity index (χ3v) is 3.31. The normalized spacial score (nSPS) is 10.6. The fourth-order valence-electron chi connectivity index (χ4n) is 1.70. The van der Waals surface area contributed by atoms with Gasteiger partial charge in [0.15, 0.2) is 5.78 Å². The molecule has 1 aromatic heterocycles. The van der Waals surface area contributed by atoms with E-state index in [0.717, 1.165) is 0 Å². The number of halogens is 2. The van der Waals surface area contributed by atoms with Crippen LogP contribution in [-0.4, -0.2) is 25.5 Å². The molecule has 110 valence electrons. The number of ketones is 1. The van der Waals surface area contributed by atoms with Crippen molar-refractivity contribution in [2.24, 2.45) is 0 Å². The summed E-state index contributed by atoms with van der Waals surface area (Å²) in [5.74, 6) is -1.02. The van der Waals surface area contributed by atoms with E-state index in [1.165, 1.54) is 28.9 Å². The van der Waals surface area contributed by atoms with E-state index in [-0.39, 0.29) is 16.9 Å². The molecule has 2 aromatic rings. The number of nitrogens with zero attached hydrogens (tertiary/aromatic N) is 4. The first-order chi connectivity index (χ1) is 9.97. The molecule has 0 atom stereocenters. The molecule has 7 nitrogen and oxygen atoms in total. The number of aromatic nitrogens is 3. The van der Waals surface area contributed by atoms with E-state index < -0.39 is 16.7 Å². The zero-order chi connectivity index (χ0) is 15.4. The number of benzene rings is 1. The molecule has 0 radical (unpaired) electrons. The highest BCUT2D eigenvalue weighted by molar-refractivity contribution is 9.10. The van der Waals surface area contributed by atoms with Gasteiger partial charge in [-0.3, -0.25) is 4.79 Å². The maximum Gasteiger partial charge on any atom is 0.492 e. The largest absolute Gasteiger partial charge is 0.492 e. The van der Waals surface area contributed by atoms with Gasteiger partial charge in [0, 0.05) is 33.0 Å². The third-order valence-electron chi connectivity index (χ3n) is 2.72. The Bertz CT molecular complexity index is 672. The number of aryl methyl sites for hydroxylation is 1. The van der Waals surface area contributed by atoms with E-state index in [4.69, 9.17) is 0 Å². The van der Waals surface area contributed by atoms with Gasteiger partial charge in [0.1, 0.15) is 5.82 Å². The van der Waals surface area contributed by atoms with Gasteiger partial charge in [-0.15, -0.1) is 0 Å². The number of nitro groups is 1. The Morgan fingerprint density at radius 2 is 2.05 bits per heavy atom. The molecule has 0 saturated carbocycles. The second kappa shape index (κ2) is 6.53. The van der Waals surface area contributed by atoms with E-state index >= 15 is 0 Å². The second-order valence-corrected chi connectivity index (χ2v) is 4.90. The van der Waals surface area contributed by atoms with Gasteiger partial charge in [0.2, 0.25) is 0 Å². The van der Waals surface area contributed by atoms with Gasteiger partial charge < -0.3 is 10.1 Å². The summed E-state index contributed by atoms with van der Waals surface area (Å²) in [6.07, 6.45) is 0.668. The van der Waals surface area contributed by atoms with Crippen LogP contribution in [0.3, 0.4) is 0 Å². The highest BCUT2D eigenvalue weighted by Gasteiger charge is 2.19. The lowest BCUT2D eigenvalue weighted by atomic mass is 10.1. The first kappa shape index (κ1) is 15.2. The molecular weight excluding hydrogens is 347 g/mol. The monoisotopic (exact) mass is 356 g/mol. The first-order valence-electron chi connectivity index (χ1n) is 6.01. The molecule has 0 unspecified atom stereocenters. The molecule has 1 aromatic carbocycles. The van der Waals surface area contributed by atoms with Crippen LogP contribution < -0.4 is 0 Å². The Morgan fingerprint density at radius 3 is 2.62 bits per heavy atom. The molecule has 0 aliphatic carbocycles. The summed E-state index contributed by atoms with van der Waals surface area (Å²) in [4.78, 5) is 25.3. The van der Waals surface area contributed by atoms with Gasteiger partial charge in [-0.2, -0.15) is 4.68 Å². The highest BCUT2D eigenvalue weighted by atomic mass is 79.9. The highest BCUT2D eigenvalue weighted by Crippen LogP contribution is 2.14. The molecule has 1 heterocycles. The molecule has 0 aliphatic heterocycles. The van der Waals surface area contributed by atoms with Crippen LogP contribution in [0.1, 0.15) is 23.2 Å². The van der Waals surface area contributed by atoms with Crippen LogP contribution >= 0.6 is 15.9 Å². The summed E-state index contributed by atoms with van der Waals surface area (Å²) in [7, 11) is 0. The minimum Gasteiger partial charge on any atom is -0.390 e. The Labute approximate surface area is 127 Å². The van der Waals surface area contributed by atoms with Crippen LogP contribution in [0.2, 0.25) is 0 Å². The standard InChI is InChI=1S/C12H10BrFN4O3/c13-11-15-12(18(20)21)16-17(11)7-1-2-10(19)8-3-5-9(14)6-4-8/h3-6H,1-2,7H2. The molecule has 0 aliphatic rings. The Balaban J connectivity index is 1.91. The van der Waals surface area contributed by atoms with Crippen LogP contribution in [0.25, 0.3) is 0 Å². The van der Waals surface area contributed by atoms with Gasteiger partial charge in [0.05, 0.1) is 6.54 Å². The van der Waals surface area contributed by atoms with Crippen molar-refractivity contribution in [3.63, 3.8) is 0 Å². The van der Waals surface area contributed by atoms with Crippen molar-refractivity contribution in [3.05, 3.63) is 50.5 Å². The zero-order valence-corrected chi connectivity index (χ0v) is 12.3. The molecule has 2 rings (SSSR count). The van der Waals surface area contributed by atoms with E-state index in [1.54, 1.807) is 0 Å². The lowest BCUT2D eigenvalue weighted by Gasteiger charge is -2.00. The van der Waals surface area contributed by atoms with Gasteiger partial charge in [-0.05, 0) is 40.6 Å². The molecule has 21 heavy (non-hydrogen) atoms. The summed E-state index contributed by atoms with van der Waals surface area (Å²) in [6.45, 7) is 0.314. The number of Topliss-reactive ketones (excluding diaryl/α,β-unsaturated/α-hetero) is 1. The summed E-state index contributed by atoms with van der Waals surface area (Å²) in [6, 6.07) is 5.30.